The van der Waals surface area contributed by atoms with Gasteiger partial charge in [0.15, 0.2) is 0 Å². The van der Waals surface area contributed by atoms with Crippen molar-refractivity contribution in [3.05, 3.63) is 64.7 Å². The monoisotopic (exact) mass is 419 g/mol. The van der Waals surface area contributed by atoms with Gasteiger partial charge in [0, 0.05) is 31.6 Å². The van der Waals surface area contributed by atoms with E-state index in [2.05, 4.69) is 5.32 Å². The maximum atomic E-state index is 12.4. The Morgan fingerprint density at radius 3 is 2.32 bits per heavy atom. The van der Waals surface area contributed by atoms with Crippen LogP contribution in [0.25, 0.3) is 0 Å². The highest BCUT2D eigenvalue weighted by molar-refractivity contribution is 6.21. The molecule has 0 spiro atoms. The summed E-state index contributed by atoms with van der Waals surface area (Å²) in [6.07, 6.45) is 0.817. The molecule has 2 aromatic rings. The molecule has 0 aliphatic carbocycles. The number of aryl methyl sites for hydroxylation is 2. The normalized spacial score (nSPS) is 18.0. The van der Waals surface area contributed by atoms with Crippen LogP contribution in [0.4, 0.5) is 5.69 Å². The van der Waals surface area contributed by atoms with Crippen LogP contribution in [0.15, 0.2) is 42.5 Å². The molecule has 31 heavy (non-hydrogen) atoms. The van der Waals surface area contributed by atoms with Crippen LogP contribution in [-0.4, -0.2) is 47.7 Å². The molecular weight excluding hydrogens is 394 g/mol. The van der Waals surface area contributed by atoms with E-state index in [-0.39, 0.29) is 49.1 Å². The summed E-state index contributed by atoms with van der Waals surface area (Å²) < 4.78 is 0. The van der Waals surface area contributed by atoms with Gasteiger partial charge in [-0.3, -0.25) is 24.1 Å². The number of benzene rings is 2. The minimum atomic E-state index is -0.313. The van der Waals surface area contributed by atoms with Crippen molar-refractivity contribution in [2.45, 2.75) is 39.2 Å². The molecule has 0 aromatic heterocycles. The lowest BCUT2D eigenvalue weighted by Crippen LogP contribution is -2.38. The summed E-state index contributed by atoms with van der Waals surface area (Å²) in [6, 6.07) is 12.4. The fourth-order valence-electron chi connectivity index (χ4n) is 4.09. The fourth-order valence-corrected chi connectivity index (χ4v) is 4.09. The van der Waals surface area contributed by atoms with Crippen molar-refractivity contribution in [2.24, 2.45) is 0 Å². The van der Waals surface area contributed by atoms with E-state index < -0.39 is 0 Å². The highest BCUT2D eigenvalue weighted by Gasteiger charge is 2.35. The molecule has 2 aliphatic heterocycles. The number of imide groups is 1. The SMILES string of the molecule is Cc1ccc(N2CC(NC(=O)CCCN3C(=O)c4ccccc4C3=O)CC2=O)cc1C. The van der Waals surface area contributed by atoms with Crippen LogP contribution in [0.1, 0.15) is 51.1 Å². The standard InChI is InChI=1S/C24H25N3O4/c1-15-9-10-18(12-16(15)2)27-14-17(13-22(27)29)25-21(28)8-5-11-26-23(30)19-6-3-4-7-20(19)24(26)31/h3-4,6-7,9-10,12,17H,5,8,11,13-14H2,1-2H3,(H,25,28). The predicted octanol–water partition coefficient (Wildman–Crippen LogP) is 2.60. The van der Waals surface area contributed by atoms with Crippen LogP contribution in [0.3, 0.4) is 0 Å². The summed E-state index contributed by atoms with van der Waals surface area (Å²) in [7, 11) is 0. The van der Waals surface area contributed by atoms with Gasteiger partial charge in [0.2, 0.25) is 11.8 Å². The van der Waals surface area contributed by atoms with Crippen LogP contribution in [0, 0.1) is 13.8 Å². The zero-order chi connectivity index (χ0) is 22.1. The van der Waals surface area contributed by atoms with Gasteiger partial charge < -0.3 is 10.2 Å². The Morgan fingerprint density at radius 2 is 1.68 bits per heavy atom. The van der Waals surface area contributed by atoms with E-state index >= 15 is 0 Å². The first-order valence-corrected chi connectivity index (χ1v) is 10.5. The predicted molar refractivity (Wildman–Crippen MR) is 116 cm³/mol. The van der Waals surface area contributed by atoms with Crippen LogP contribution < -0.4 is 10.2 Å². The molecule has 2 heterocycles. The van der Waals surface area contributed by atoms with Gasteiger partial charge in [-0.05, 0) is 55.7 Å². The molecule has 1 unspecified atom stereocenters. The molecule has 1 N–H and O–H groups in total. The van der Waals surface area contributed by atoms with Gasteiger partial charge in [-0.15, -0.1) is 0 Å². The average molecular weight is 419 g/mol. The van der Waals surface area contributed by atoms with E-state index in [1.165, 1.54) is 10.5 Å². The molecule has 4 amide bonds. The Labute approximate surface area is 181 Å². The Hall–Kier alpha value is -3.48. The zero-order valence-electron chi connectivity index (χ0n) is 17.7. The lowest BCUT2D eigenvalue weighted by molar-refractivity contribution is -0.121. The van der Waals surface area contributed by atoms with E-state index in [4.69, 9.17) is 0 Å². The van der Waals surface area contributed by atoms with E-state index in [0.29, 0.717) is 24.1 Å². The maximum Gasteiger partial charge on any atom is 0.261 e. The van der Waals surface area contributed by atoms with Gasteiger partial charge >= 0.3 is 0 Å². The van der Waals surface area contributed by atoms with Crippen LogP contribution in [0.5, 0.6) is 0 Å². The molecule has 1 saturated heterocycles. The van der Waals surface area contributed by atoms with Gasteiger partial charge in [-0.2, -0.15) is 0 Å². The van der Waals surface area contributed by atoms with E-state index in [9.17, 15) is 19.2 Å². The van der Waals surface area contributed by atoms with E-state index in [0.717, 1.165) is 11.3 Å². The molecule has 160 valence electrons. The summed E-state index contributed by atoms with van der Waals surface area (Å²) in [5.74, 6) is -0.825. The maximum absolute atomic E-state index is 12.4. The summed E-state index contributed by atoms with van der Waals surface area (Å²) in [5, 5.41) is 2.91. The van der Waals surface area contributed by atoms with Crippen molar-refractivity contribution >= 4 is 29.3 Å². The van der Waals surface area contributed by atoms with Crippen molar-refractivity contribution in [2.75, 3.05) is 18.0 Å². The fraction of sp³-hybridized carbons (Fsp3) is 0.333. The number of hydrogen-bond acceptors (Lipinski definition) is 4. The summed E-state index contributed by atoms with van der Waals surface area (Å²) in [6.45, 7) is 4.66. The van der Waals surface area contributed by atoms with E-state index in [1.807, 2.05) is 32.0 Å². The van der Waals surface area contributed by atoms with Gasteiger partial charge in [0.05, 0.1) is 17.2 Å². The first kappa shape index (κ1) is 20.8. The molecule has 1 fully saturated rings. The van der Waals surface area contributed by atoms with Crippen molar-refractivity contribution < 1.29 is 19.2 Å². The molecule has 2 aliphatic rings. The molecule has 4 rings (SSSR count). The van der Waals surface area contributed by atoms with Crippen molar-refractivity contribution in [1.29, 1.82) is 0 Å². The second kappa shape index (κ2) is 8.34. The Kier molecular flexibility index (Phi) is 5.59. The van der Waals surface area contributed by atoms with Crippen LogP contribution in [0.2, 0.25) is 0 Å². The highest BCUT2D eigenvalue weighted by atomic mass is 16.2. The number of carbonyl (C=O) groups is 4. The zero-order valence-corrected chi connectivity index (χ0v) is 17.7. The van der Waals surface area contributed by atoms with Crippen molar-refractivity contribution in [3.8, 4) is 0 Å². The highest BCUT2D eigenvalue weighted by Crippen LogP contribution is 2.25. The van der Waals surface area contributed by atoms with Crippen molar-refractivity contribution in [1.82, 2.24) is 10.2 Å². The number of rotatable bonds is 6. The number of amides is 4. The first-order valence-electron chi connectivity index (χ1n) is 10.5. The number of fused-ring (bicyclic) bond motifs is 1. The second-order valence-corrected chi connectivity index (χ2v) is 8.15. The molecule has 0 saturated carbocycles. The summed E-state index contributed by atoms with van der Waals surface area (Å²) in [4.78, 5) is 52.4. The van der Waals surface area contributed by atoms with Gasteiger partial charge in [-0.25, -0.2) is 0 Å². The minimum Gasteiger partial charge on any atom is -0.351 e. The van der Waals surface area contributed by atoms with Crippen molar-refractivity contribution in [3.63, 3.8) is 0 Å². The lowest BCUT2D eigenvalue weighted by Gasteiger charge is -2.18. The number of hydrogen-bond donors (Lipinski definition) is 1. The summed E-state index contributed by atoms with van der Waals surface area (Å²) in [5.41, 5.74) is 3.94. The molecule has 0 radical (unpaired) electrons. The van der Waals surface area contributed by atoms with Crippen LogP contribution >= 0.6 is 0 Å². The second-order valence-electron chi connectivity index (χ2n) is 8.15. The number of nitrogens with one attached hydrogen (secondary N) is 1. The first-order chi connectivity index (χ1) is 14.8. The third-order valence-corrected chi connectivity index (χ3v) is 5.96. The smallest absolute Gasteiger partial charge is 0.261 e. The number of nitrogens with zero attached hydrogens (tertiary/aromatic N) is 2. The Bertz CT molecular complexity index is 1040. The largest absolute Gasteiger partial charge is 0.351 e. The molecule has 7 heteroatoms. The number of carbonyl (C=O) groups excluding carboxylic acids is 4. The molecule has 2 aromatic carbocycles. The summed E-state index contributed by atoms with van der Waals surface area (Å²) >= 11 is 0. The molecular formula is C24H25N3O4. The third kappa shape index (κ3) is 4.08. The quantitative estimate of drug-likeness (QED) is 0.729. The number of anilines is 1. The Morgan fingerprint density at radius 1 is 1.00 bits per heavy atom. The minimum absolute atomic E-state index is 0.0143. The van der Waals surface area contributed by atoms with E-state index in [1.54, 1.807) is 29.2 Å². The lowest BCUT2D eigenvalue weighted by atomic mass is 10.1. The molecule has 7 nitrogen and oxygen atoms in total. The average Bonchev–Trinajstić information content (AvgIpc) is 3.22. The van der Waals surface area contributed by atoms with Gasteiger partial charge in [-0.1, -0.05) is 18.2 Å². The third-order valence-electron chi connectivity index (χ3n) is 5.96. The molecule has 0 bridgehead atoms. The topological polar surface area (TPSA) is 86.8 Å². The van der Waals surface area contributed by atoms with Crippen LogP contribution in [-0.2, 0) is 9.59 Å². The molecule has 1 atom stereocenters. The Balaban J connectivity index is 1.27. The van der Waals surface area contributed by atoms with Gasteiger partial charge in [0.1, 0.15) is 0 Å². The van der Waals surface area contributed by atoms with Gasteiger partial charge in [0.25, 0.3) is 11.8 Å².